The smallest absolute Gasteiger partial charge is 0.272 e. The van der Waals surface area contributed by atoms with Crippen molar-refractivity contribution in [3.8, 4) is 0 Å². The van der Waals surface area contributed by atoms with Gasteiger partial charge in [0.05, 0.1) is 17.0 Å². The van der Waals surface area contributed by atoms with E-state index in [9.17, 15) is 9.18 Å². The molecular weight excluding hydrogens is 389 g/mol. The minimum Gasteiger partial charge on any atom is -0.381 e. The first-order valence-corrected chi connectivity index (χ1v) is 10.2. The van der Waals surface area contributed by atoms with Crippen LogP contribution in [-0.2, 0) is 0 Å². The largest absolute Gasteiger partial charge is 0.381 e. The molecule has 0 aliphatic carbocycles. The van der Waals surface area contributed by atoms with Crippen LogP contribution in [0, 0.1) is 25.1 Å². The standard InChI is InChI=1S/C23H25ClFN3O/c1-11-6-12(2)18(15(24)7-11)20-17(10-23(3,4)5)26-16-9-13(25)8-14-19(16)21(20)27-28-22(14)29/h6-9,17,20,26H,10H2,1-5H3,(H,28,29)/t17-,20+/m0/s1. The van der Waals surface area contributed by atoms with Crippen LogP contribution in [0.1, 0.15) is 55.5 Å². The molecule has 1 aromatic heterocycles. The predicted octanol–water partition coefficient (Wildman–Crippen LogP) is 5.69. The van der Waals surface area contributed by atoms with Crippen LogP contribution < -0.4 is 10.9 Å². The normalized spacial score (nSPS) is 18.7. The molecule has 29 heavy (non-hydrogen) atoms. The Morgan fingerprint density at radius 2 is 1.90 bits per heavy atom. The number of halogens is 2. The molecule has 2 N–H and O–H groups in total. The third kappa shape index (κ3) is 3.52. The van der Waals surface area contributed by atoms with Crippen LogP contribution in [0.5, 0.6) is 0 Å². The summed E-state index contributed by atoms with van der Waals surface area (Å²) in [6, 6.07) is 6.74. The van der Waals surface area contributed by atoms with Crippen LogP contribution in [-0.4, -0.2) is 16.2 Å². The van der Waals surface area contributed by atoms with Crippen molar-refractivity contribution in [2.45, 2.75) is 53.0 Å². The molecule has 0 radical (unpaired) electrons. The molecule has 4 nitrogen and oxygen atoms in total. The third-order valence-electron chi connectivity index (χ3n) is 5.54. The van der Waals surface area contributed by atoms with Gasteiger partial charge in [-0.05, 0) is 60.6 Å². The van der Waals surface area contributed by atoms with Crippen molar-refractivity contribution < 1.29 is 4.39 Å². The maximum atomic E-state index is 14.2. The molecule has 2 aromatic carbocycles. The number of aromatic amines is 1. The topological polar surface area (TPSA) is 57.8 Å². The Morgan fingerprint density at radius 3 is 2.55 bits per heavy atom. The molecule has 0 saturated carbocycles. The van der Waals surface area contributed by atoms with Crippen molar-refractivity contribution >= 4 is 28.1 Å². The van der Waals surface area contributed by atoms with E-state index < -0.39 is 11.4 Å². The number of hydrogen-bond donors (Lipinski definition) is 2. The highest BCUT2D eigenvalue weighted by atomic mass is 35.5. The van der Waals surface area contributed by atoms with Gasteiger partial charge < -0.3 is 5.32 Å². The van der Waals surface area contributed by atoms with E-state index in [0.29, 0.717) is 21.5 Å². The molecule has 0 amide bonds. The summed E-state index contributed by atoms with van der Waals surface area (Å²) in [4.78, 5) is 12.4. The molecule has 2 heterocycles. The fourth-order valence-corrected chi connectivity index (χ4v) is 5.03. The second-order valence-electron chi connectivity index (χ2n) is 9.28. The summed E-state index contributed by atoms with van der Waals surface area (Å²) >= 11 is 6.74. The molecule has 4 rings (SSSR count). The summed E-state index contributed by atoms with van der Waals surface area (Å²) in [5, 5.41) is 12.2. The number of aromatic nitrogens is 2. The molecular formula is C23H25ClFN3O. The van der Waals surface area contributed by atoms with Crippen LogP contribution in [0.3, 0.4) is 0 Å². The van der Waals surface area contributed by atoms with E-state index in [1.807, 2.05) is 19.9 Å². The second-order valence-corrected chi connectivity index (χ2v) is 9.69. The van der Waals surface area contributed by atoms with E-state index in [1.54, 1.807) is 0 Å². The van der Waals surface area contributed by atoms with Gasteiger partial charge in [-0.2, -0.15) is 5.10 Å². The van der Waals surface area contributed by atoms with Crippen molar-refractivity contribution in [3.63, 3.8) is 0 Å². The fraction of sp³-hybridized carbons (Fsp3) is 0.391. The summed E-state index contributed by atoms with van der Waals surface area (Å²) in [7, 11) is 0. The van der Waals surface area contributed by atoms with Crippen molar-refractivity contribution in [1.82, 2.24) is 10.2 Å². The third-order valence-corrected chi connectivity index (χ3v) is 5.86. The summed E-state index contributed by atoms with van der Waals surface area (Å²) in [6.07, 6.45) is 0.819. The molecule has 0 bridgehead atoms. The number of hydrogen-bond acceptors (Lipinski definition) is 3. The Hall–Kier alpha value is -2.40. The van der Waals surface area contributed by atoms with Crippen molar-refractivity contribution in [2.24, 2.45) is 5.41 Å². The number of benzene rings is 2. The van der Waals surface area contributed by atoms with Gasteiger partial charge in [-0.1, -0.05) is 38.4 Å². The Labute approximate surface area is 174 Å². The highest BCUT2D eigenvalue weighted by molar-refractivity contribution is 6.31. The Kier molecular flexibility index (Phi) is 4.69. The van der Waals surface area contributed by atoms with E-state index in [1.165, 1.54) is 12.1 Å². The van der Waals surface area contributed by atoms with Gasteiger partial charge in [-0.15, -0.1) is 0 Å². The van der Waals surface area contributed by atoms with Gasteiger partial charge in [0.2, 0.25) is 0 Å². The van der Waals surface area contributed by atoms with Gasteiger partial charge in [0.25, 0.3) is 5.56 Å². The Morgan fingerprint density at radius 1 is 1.17 bits per heavy atom. The lowest BCUT2D eigenvalue weighted by molar-refractivity contribution is 0.334. The minimum atomic E-state index is -0.444. The highest BCUT2D eigenvalue weighted by Gasteiger charge is 2.38. The van der Waals surface area contributed by atoms with Crippen molar-refractivity contribution in [3.05, 3.63) is 67.8 Å². The van der Waals surface area contributed by atoms with Crippen molar-refractivity contribution in [1.29, 1.82) is 0 Å². The summed E-state index contributed by atoms with van der Waals surface area (Å²) in [5.41, 5.74) is 4.13. The quantitative estimate of drug-likeness (QED) is 0.567. The van der Waals surface area contributed by atoms with Gasteiger partial charge in [-0.25, -0.2) is 9.49 Å². The van der Waals surface area contributed by atoms with E-state index in [-0.39, 0.29) is 17.4 Å². The van der Waals surface area contributed by atoms with E-state index in [4.69, 9.17) is 11.6 Å². The lowest BCUT2D eigenvalue weighted by Gasteiger charge is -2.38. The molecule has 6 heteroatoms. The zero-order valence-corrected chi connectivity index (χ0v) is 18.0. The molecule has 1 aliphatic heterocycles. The minimum absolute atomic E-state index is 0.0210. The highest BCUT2D eigenvalue weighted by Crippen LogP contribution is 2.46. The fourth-order valence-electron chi connectivity index (χ4n) is 4.59. The Bertz CT molecular complexity index is 1160. The molecule has 0 saturated heterocycles. The number of rotatable bonds is 2. The van der Waals surface area contributed by atoms with E-state index >= 15 is 0 Å². The van der Waals surface area contributed by atoms with Gasteiger partial charge in [0, 0.05) is 22.1 Å². The Balaban J connectivity index is 2.05. The van der Waals surface area contributed by atoms with Gasteiger partial charge >= 0.3 is 0 Å². The van der Waals surface area contributed by atoms with Crippen LogP contribution in [0.4, 0.5) is 10.1 Å². The maximum absolute atomic E-state index is 14.2. The van der Waals surface area contributed by atoms with Crippen LogP contribution in [0.2, 0.25) is 5.02 Å². The molecule has 1 aliphatic rings. The summed E-state index contributed by atoms with van der Waals surface area (Å²) < 4.78 is 14.2. The summed E-state index contributed by atoms with van der Waals surface area (Å²) in [5.74, 6) is -0.611. The maximum Gasteiger partial charge on any atom is 0.272 e. The van der Waals surface area contributed by atoms with Gasteiger partial charge in [0.15, 0.2) is 0 Å². The average Bonchev–Trinajstić information content (AvgIpc) is 2.57. The molecule has 152 valence electrons. The van der Waals surface area contributed by atoms with E-state index in [2.05, 4.69) is 42.4 Å². The first kappa shape index (κ1) is 19.9. The monoisotopic (exact) mass is 413 g/mol. The molecule has 3 aromatic rings. The average molecular weight is 414 g/mol. The first-order valence-electron chi connectivity index (χ1n) is 9.80. The first-order chi connectivity index (χ1) is 13.5. The van der Waals surface area contributed by atoms with E-state index in [0.717, 1.165) is 28.8 Å². The molecule has 0 fully saturated rings. The van der Waals surface area contributed by atoms with Gasteiger partial charge in [0.1, 0.15) is 5.82 Å². The molecule has 0 unspecified atom stereocenters. The molecule has 0 spiro atoms. The zero-order chi connectivity index (χ0) is 21.1. The predicted molar refractivity (Wildman–Crippen MR) is 117 cm³/mol. The number of nitrogens with zero attached hydrogens (tertiary/aromatic N) is 1. The zero-order valence-electron chi connectivity index (χ0n) is 17.3. The molecule has 2 atom stereocenters. The lowest BCUT2D eigenvalue weighted by Crippen LogP contribution is -2.37. The summed E-state index contributed by atoms with van der Waals surface area (Å²) in [6.45, 7) is 10.6. The number of aryl methyl sites for hydroxylation is 2. The van der Waals surface area contributed by atoms with Crippen LogP contribution in [0.25, 0.3) is 10.8 Å². The van der Waals surface area contributed by atoms with Crippen molar-refractivity contribution in [2.75, 3.05) is 5.32 Å². The van der Waals surface area contributed by atoms with Crippen LogP contribution in [0.15, 0.2) is 29.1 Å². The van der Waals surface area contributed by atoms with Crippen LogP contribution >= 0.6 is 11.6 Å². The lowest BCUT2D eigenvalue weighted by atomic mass is 9.75. The number of H-pyrrole nitrogens is 1. The number of anilines is 1. The number of nitrogens with one attached hydrogen (secondary N) is 2. The second kappa shape index (κ2) is 6.84. The van der Waals surface area contributed by atoms with Gasteiger partial charge in [-0.3, -0.25) is 4.79 Å². The SMILES string of the molecule is Cc1cc(C)c([C@@H]2c3n[nH]c(=O)c4cc(F)cc(c34)N[C@H]2CC(C)(C)C)c(Cl)c1.